The number of pyridine rings is 2. The molecule has 4 heteroatoms. The van der Waals surface area contributed by atoms with Crippen LogP contribution in [0.5, 0.6) is 11.6 Å². The molecule has 0 fully saturated rings. The summed E-state index contributed by atoms with van der Waals surface area (Å²) in [7, 11) is 0. The van der Waals surface area contributed by atoms with E-state index in [1.54, 1.807) is 0 Å². The molecule has 0 N–H and O–H groups in total. The zero-order chi connectivity index (χ0) is 24.5. The fourth-order valence-electron chi connectivity index (χ4n) is 4.94. The lowest BCUT2D eigenvalue weighted by molar-refractivity contribution is 0.460. The number of aryl methyl sites for hydroxylation is 2. The van der Waals surface area contributed by atoms with Gasteiger partial charge in [0.05, 0.1) is 11.0 Å². The van der Waals surface area contributed by atoms with Gasteiger partial charge in [-0.3, -0.25) is 4.57 Å². The molecule has 0 bridgehead atoms. The first-order valence-electron chi connectivity index (χ1n) is 12.5. The van der Waals surface area contributed by atoms with E-state index in [1.165, 1.54) is 16.3 Å². The molecule has 3 heterocycles. The SMILES string of the molecule is CCc1ccc(Oc2cccc(-c3ccc4c5ccccc5n(-c5ccccn5)c4c3)c2)nc1CC. The fourth-order valence-corrected chi connectivity index (χ4v) is 4.94. The van der Waals surface area contributed by atoms with Gasteiger partial charge in [-0.25, -0.2) is 9.97 Å². The van der Waals surface area contributed by atoms with Gasteiger partial charge >= 0.3 is 0 Å². The molecule has 6 aromatic rings. The van der Waals surface area contributed by atoms with E-state index in [1.807, 2.05) is 42.6 Å². The molecular formula is C32H27N3O. The maximum absolute atomic E-state index is 6.18. The van der Waals surface area contributed by atoms with E-state index in [4.69, 9.17) is 9.72 Å². The van der Waals surface area contributed by atoms with Crippen molar-refractivity contribution < 1.29 is 4.74 Å². The number of benzene rings is 3. The number of para-hydroxylation sites is 1. The van der Waals surface area contributed by atoms with E-state index in [9.17, 15) is 0 Å². The van der Waals surface area contributed by atoms with Gasteiger partial charge in [-0.1, -0.05) is 68.4 Å². The summed E-state index contributed by atoms with van der Waals surface area (Å²) < 4.78 is 8.42. The van der Waals surface area contributed by atoms with Crippen LogP contribution in [-0.4, -0.2) is 14.5 Å². The van der Waals surface area contributed by atoms with Gasteiger partial charge in [-0.2, -0.15) is 0 Å². The van der Waals surface area contributed by atoms with Gasteiger partial charge in [0.25, 0.3) is 0 Å². The minimum Gasteiger partial charge on any atom is -0.439 e. The summed E-state index contributed by atoms with van der Waals surface area (Å²) in [6.07, 6.45) is 3.71. The molecule has 0 spiro atoms. The average Bonchev–Trinajstić information content (AvgIpc) is 3.27. The highest BCUT2D eigenvalue weighted by molar-refractivity contribution is 6.10. The number of ether oxygens (including phenoxy) is 1. The maximum Gasteiger partial charge on any atom is 0.219 e. The number of hydrogen-bond acceptors (Lipinski definition) is 3. The molecule has 0 aliphatic heterocycles. The number of aromatic nitrogens is 3. The Hall–Kier alpha value is -4.44. The molecule has 176 valence electrons. The Bertz CT molecular complexity index is 1690. The third-order valence-corrected chi connectivity index (χ3v) is 6.70. The zero-order valence-electron chi connectivity index (χ0n) is 20.5. The zero-order valence-corrected chi connectivity index (χ0v) is 20.5. The molecule has 0 atom stereocenters. The van der Waals surface area contributed by atoms with Crippen LogP contribution in [0, 0.1) is 0 Å². The first-order valence-corrected chi connectivity index (χ1v) is 12.5. The highest BCUT2D eigenvalue weighted by Gasteiger charge is 2.14. The van der Waals surface area contributed by atoms with Gasteiger partial charge in [-0.15, -0.1) is 0 Å². The molecule has 0 aliphatic carbocycles. The van der Waals surface area contributed by atoms with Gasteiger partial charge in [-0.05, 0) is 65.9 Å². The number of rotatable bonds is 6. The van der Waals surface area contributed by atoms with Crippen LogP contribution in [0.25, 0.3) is 38.8 Å². The van der Waals surface area contributed by atoms with E-state index in [0.717, 1.165) is 52.3 Å². The Morgan fingerprint density at radius 1 is 0.694 bits per heavy atom. The molecule has 36 heavy (non-hydrogen) atoms. The largest absolute Gasteiger partial charge is 0.439 e. The molecule has 0 aliphatic rings. The second-order valence-electron chi connectivity index (χ2n) is 8.86. The third-order valence-electron chi connectivity index (χ3n) is 6.70. The molecule has 4 nitrogen and oxygen atoms in total. The molecule has 0 amide bonds. The van der Waals surface area contributed by atoms with Crippen LogP contribution in [-0.2, 0) is 12.8 Å². The predicted molar refractivity (Wildman–Crippen MR) is 147 cm³/mol. The minimum atomic E-state index is 0.631. The maximum atomic E-state index is 6.18. The molecule has 3 aromatic carbocycles. The number of hydrogen-bond donors (Lipinski definition) is 0. The van der Waals surface area contributed by atoms with Crippen molar-refractivity contribution in [3.8, 4) is 28.6 Å². The molecule has 0 saturated carbocycles. The lowest BCUT2D eigenvalue weighted by Crippen LogP contribution is -1.98. The lowest BCUT2D eigenvalue weighted by Gasteiger charge is -2.11. The number of nitrogens with zero attached hydrogens (tertiary/aromatic N) is 3. The monoisotopic (exact) mass is 469 g/mol. The Balaban J connectivity index is 1.43. The fraction of sp³-hybridized carbons (Fsp3) is 0.125. The van der Waals surface area contributed by atoms with Crippen LogP contribution >= 0.6 is 0 Å². The molecular weight excluding hydrogens is 442 g/mol. The lowest BCUT2D eigenvalue weighted by atomic mass is 10.0. The van der Waals surface area contributed by atoms with Crippen LogP contribution in [0.1, 0.15) is 25.1 Å². The van der Waals surface area contributed by atoms with Crippen LogP contribution in [0.4, 0.5) is 0 Å². The predicted octanol–water partition coefficient (Wildman–Crippen LogP) is 8.16. The highest BCUT2D eigenvalue weighted by atomic mass is 16.5. The van der Waals surface area contributed by atoms with E-state index in [-0.39, 0.29) is 0 Å². The average molecular weight is 470 g/mol. The van der Waals surface area contributed by atoms with Crippen molar-refractivity contribution >= 4 is 21.8 Å². The molecule has 0 radical (unpaired) electrons. The molecule has 3 aromatic heterocycles. The second-order valence-corrected chi connectivity index (χ2v) is 8.86. The van der Waals surface area contributed by atoms with Crippen molar-refractivity contribution in [2.45, 2.75) is 26.7 Å². The Morgan fingerprint density at radius 2 is 1.53 bits per heavy atom. The van der Waals surface area contributed by atoms with Crippen molar-refractivity contribution in [3.63, 3.8) is 0 Å². The van der Waals surface area contributed by atoms with Gasteiger partial charge in [0.1, 0.15) is 11.6 Å². The first kappa shape index (κ1) is 22.1. The van der Waals surface area contributed by atoms with Crippen molar-refractivity contribution in [3.05, 3.63) is 115 Å². The summed E-state index contributed by atoms with van der Waals surface area (Å²) in [6.45, 7) is 4.29. The molecule has 6 rings (SSSR count). The summed E-state index contributed by atoms with van der Waals surface area (Å²) in [5.41, 5.74) is 6.86. The normalized spacial score (nSPS) is 11.3. The Morgan fingerprint density at radius 3 is 2.36 bits per heavy atom. The van der Waals surface area contributed by atoms with Gasteiger partial charge in [0.2, 0.25) is 5.88 Å². The van der Waals surface area contributed by atoms with Crippen LogP contribution in [0.2, 0.25) is 0 Å². The Labute approximate surface area is 210 Å². The standard InChI is InChI=1S/C32H27N3O/c1-3-22-16-18-32(34-28(22)4-2)36-25-11-9-10-23(20-25)24-15-17-27-26-12-5-6-13-29(26)35(30(27)21-24)31-14-7-8-19-33-31/h5-21H,3-4H2,1-2H3. The topological polar surface area (TPSA) is 39.9 Å². The van der Waals surface area contributed by atoms with Crippen LogP contribution in [0.15, 0.2) is 103 Å². The number of fused-ring (bicyclic) bond motifs is 3. The van der Waals surface area contributed by atoms with Crippen LogP contribution in [0.3, 0.4) is 0 Å². The van der Waals surface area contributed by atoms with E-state index in [0.29, 0.717) is 5.88 Å². The summed E-state index contributed by atoms with van der Waals surface area (Å²) >= 11 is 0. The van der Waals surface area contributed by atoms with Crippen LogP contribution < -0.4 is 4.74 Å². The van der Waals surface area contributed by atoms with Gasteiger partial charge < -0.3 is 4.74 Å². The summed E-state index contributed by atoms with van der Waals surface area (Å²) in [4.78, 5) is 9.38. The van der Waals surface area contributed by atoms with Gasteiger partial charge in [0, 0.05) is 28.7 Å². The summed E-state index contributed by atoms with van der Waals surface area (Å²) in [5, 5.41) is 2.43. The third kappa shape index (κ3) is 3.91. The second kappa shape index (κ2) is 9.31. The quantitative estimate of drug-likeness (QED) is 0.247. The Kier molecular flexibility index (Phi) is 5.70. The summed E-state index contributed by atoms with van der Waals surface area (Å²) in [6, 6.07) is 33.4. The summed E-state index contributed by atoms with van der Waals surface area (Å²) in [5.74, 6) is 2.31. The van der Waals surface area contributed by atoms with Crippen molar-refractivity contribution in [2.75, 3.05) is 0 Å². The molecule has 0 unspecified atom stereocenters. The van der Waals surface area contributed by atoms with Crippen molar-refractivity contribution in [2.24, 2.45) is 0 Å². The minimum absolute atomic E-state index is 0.631. The van der Waals surface area contributed by atoms with Gasteiger partial charge in [0.15, 0.2) is 0 Å². The molecule has 0 saturated heterocycles. The van der Waals surface area contributed by atoms with E-state index < -0.39 is 0 Å². The van der Waals surface area contributed by atoms with E-state index in [2.05, 4.69) is 84.1 Å². The first-order chi connectivity index (χ1) is 17.7. The van der Waals surface area contributed by atoms with E-state index >= 15 is 0 Å². The van der Waals surface area contributed by atoms with Crippen molar-refractivity contribution in [1.29, 1.82) is 0 Å². The highest BCUT2D eigenvalue weighted by Crippen LogP contribution is 2.35. The smallest absolute Gasteiger partial charge is 0.219 e. The van der Waals surface area contributed by atoms with Crippen molar-refractivity contribution in [1.82, 2.24) is 14.5 Å².